The lowest BCUT2D eigenvalue weighted by atomic mass is 9.91. The summed E-state index contributed by atoms with van der Waals surface area (Å²) in [6, 6.07) is 3.89. The summed E-state index contributed by atoms with van der Waals surface area (Å²) >= 11 is 5.97. The molecule has 2 nitrogen and oxygen atoms in total. The number of halogens is 1. The maximum absolute atomic E-state index is 5.98. The van der Waals surface area contributed by atoms with Crippen LogP contribution in [0.5, 0.6) is 0 Å². The predicted octanol–water partition coefficient (Wildman–Crippen LogP) is 1.92. The Labute approximate surface area is 83.1 Å². The largest absolute Gasteiger partial charge is 0.398 e. The van der Waals surface area contributed by atoms with E-state index in [2.05, 4.69) is 5.32 Å². The minimum absolute atomic E-state index is 0.553. The average Bonchev–Trinajstić information content (AvgIpc) is 1.95. The van der Waals surface area contributed by atoms with Crippen molar-refractivity contribution in [2.45, 2.75) is 12.8 Å². The second kappa shape index (κ2) is 3.20. The van der Waals surface area contributed by atoms with Gasteiger partial charge in [-0.1, -0.05) is 11.6 Å². The third-order valence-corrected chi connectivity index (χ3v) is 2.82. The highest BCUT2D eigenvalue weighted by Gasteiger charge is 2.21. The molecule has 0 spiro atoms. The van der Waals surface area contributed by atoms with Crippen LogP contribution in [0.4, 0.5) is 5.69 Å². The molecule has 1 aliphatic heterocycles. The minimum Gasteiger partial charge on any atom is -0.398 e. The molecule has 1 fully saturated rings. The van der Waals surface area contributed by atoms with Gasteiger partial charge in [-0.05, 0) is 30.2 Å². The summed E-state index contributed by atoms with van der Waals surface area (Å²) in [7, 11) is 0. The van der Waals surface area contributed by atoms with Crippen LogP contribution in [-0.4, -0.2) is 13.1 Å². The van der Waals surface area contributed by atoms with Crippen molar-refractivity contribution in [3.8, 4) is 0 Å². The predicted molar refractivity (Wildman–Crippen MR) is 56.2 cm³/mol. The molecule has 0 unspecified atom stereocenters. The molecule has 0 bridgehead atoms. The number of nitrogen functional groups attached to an aromatic ring is 1. The van der Waals surface area contributed by atoms with Gasteiger partial charge in [0.15, 0.2) is 0 Å². The summed E-state index contributed by atoms with van der Waals surface area (Å²) in [5, 5.41) is 4.01. The van der Waals surface area contributed by atoms with Crippen LogP contribution in [0, 0.1) is 6.92 Å². The lowest BCUT2D eigenvalue weighted by molar-refractivity contribution is 0.449. The van der Waals surface area contributed by atoms with Crippen molar-refractivity contribution in [2.75, 3.05) is 18.8 Å². The number of rotatable bonds is 1. The van der Waals surface area contributed by atoms with Gasteiger partial charge in [0.25, 0.3) is 0 Å². The smallest absolute Gasteiger partial charge is 0.0413 e. The summed E-state index contributed by atoms with van der Waals surface area (Å²) in [6.07, 6.45) is 0. The molecule has 0 radical (unpaired) electrons. The third-order valence-electron chi connectivity index (χ3n) is 2.60. The van der Waals surface area contributed by atoms with Gasteiger partial charge in [-0.2, -0.15) is 0 Å². The number of hydrogen-bond acceptors (Lipinski definition) is 2. The van der Waals surface area contributed by atoms with E-state index in [9.17, 15) is 0 Å². The van der Waals surface area contributed by atoms with Gasteiger partial charge in [0, 0.05) is 29.7 Å². The van der Waals surface area contributed by atoms with E-state index in [4.69, 9.17) is 17.3 Å². The van der Waals surface area contributed by atoms with E-state index >= 15 is 0 Å². The van der Waals surface area contributed by atoms with Gasteiger partial charge in [-0.15, -0.1) is 0 Å². The van der Waals surface area contributed by atoms with Gasteiger partial charge in [-0.25, -0.2) is 0 Å². The average molecular weight is 197 g/mol. The summed E-state index contributed by atoms with van der Waals surface area (Å²) in [4.78, 5) is 0. The molecule has 2 rings (SSSR count). The maximum atomic E-state index is 5.98. The first-order valence-electron chi connectivity index (χ1n) is 4.44. The van der Waals surface area contributed by atoms with E-state index < -0.39 is 0 Å². The molecule has 0 aliphatic carbocycles. The SMILES string of the molecule is Cc1cc(Cl)cc(C2CNC2)c1N. The Morgan fingerprint density at radius 2 is 2.15 bits per heavy atom. The molecule has 1 aromatic carbocycles. The highest BCUT2D eigenvalue weighted by atomic mass is 35.5. The van der Waals surface area contributed by atoms with Crippen molar-refractivity contribution in [2.24, 2.45) is 0 Å². The molecule has 0 amide bonds. The Hall–Kier alpha value is -0.730. The first kappa shape index (κ1) is 8.85. The standard InChI is InChI=1S/C10H13ClN2/c1-6-2-8(11)3-9(10(6)12)7-4-13-5-7/h2-3,7,13H,4-5,12H2,1H3. The number of anilines is 1. The van der Waals surface area contributed by atoms with Crippen LogP contribution in [0.2, 0.25) is 5.02 Å². The van der Waals surface area contributed by atoms with Crippen molar-refractivity contribution in [1.29, 1.82) is 0 Å². The van der Waals surface area contributed by atoms with Crippen LogP contribution in [0.3, 0.4) is 0 Å². The summed E-state index contributed by atoms with van der Waals surface area (Å²) in [5.74, 6) is 0.553. The molecule has 1 heterocycles. The Bertz CT molecular complexity index is 332. The second-order valence-electron chi connectivity index (χ2n) is 3.58. The Morgan fingerprint density at radius 3 is 2.69 bits per heavy atom. The van der Waals surface area contributed by atoms with Crippen molar-refractivity contribution in [3.63, 3.8) is 0 Å². The van der Waals surface area contributed by atoms with Crippen LogP contribution >= 0.6 is 11.6 Å². The van der Waals surface area contributed by atoms with Crippen LogP contribution < -0.4 is 11.1 Å². The van der Waals surface area contributed by atoms with Crippen molar-refractivity contribution >= 4 is 17.3 Å². The van der Waals surface area contributed by atoms with E-state index in [0.29, 0.717) is 5.92 Å². The monoisotopic (exact) mass is 196 g/mol. The Morgan fingerprint density at radius 1 is 1.46 bits per heavy atom. The number of hydrogen-bond donors (Lipinski definition) is 2. The number of aryl methyl sites for hydroxylation is 1. The lowest BCUT2D eigenvalue weighted by Crippen LogP contribution is -2.40. The molecule has 0 aromatic heterocycles. The van der Waals surface area contributed by atoms with E-state index in [1.54, 1.807) is 0 Å². The highest BCUT2D eigenvalue weighted by Crippen LogP contribution is 2.30. The number of benzene rings is 1. The van der Waals surface area contributed by atoms with Crippen molar-refractivity contribution in [3.05, 3.63) is 28.3 Å². The van der Waals surface area contributed by atoms with Crippen LogP contribution in [0.25, 0.3) is 0 Å². The van der Waals surface area contributed by atoms with Crippen LogP contribution in [-0.2, 0) is 0 Å². The van der Waals surface area contributed by atoms with E-state index in [1.807, 2.05) is 19.1 Å². The van der Waals surface area contributed by atoms with Gasteiger partial charge >= 0.3 is 0 Å². The third kappa shape index (κ3) is 1.52. The topological polar surface area (TPSA) is 38.0 Å². The molecule has 1 aliphatic rings. The molecule has 0 atom stereocenters. The molecule has 13 heavy (non-hydrogen) atoms. The lowest BCUT2D eigenvalue weighted by Gasteiger charge is -2.29. The maximum Gasteiger partial charge on any atom is 0.0413 e. The zero-order valence-corrected chi connectivity index (χ0v) is 8.36. The second-order valence-corrected chi connectivity index (χ2v) is 4.02. The Balaban J connectivity index is 2.42. The molecule has 1 saturated heterocycles. The number of nitrogens with one attached hydrogen (secondary N) is 1. The fourth-order valence-electron chi connectivity index (χ4n) is 1.63. The van der Waals surface area contributed by atoms with Crippen molar-refractivity contribution in [1.82, 2.24) is 5.32 Å². The van der Waals surface area contributed by atoms with Crippen LogP contribution in [0.1, 0.15) is 17.0 Å². The number of nitrogens with two attached hydrogens (primary N) is 1. The zero-order chi connectivity index (χ0) is 9.42. The van der Waals surface area contributed by atoms with Gasteiger partial charge < -0.3 is 11.1 Å². The summed E-state index contributed by atoms with van der Waals surface area (Å²) in [5.41, 5.74) is 9.15. The fraction of sp³-hybridized carbons (Fsp3) is 0.400. The fourth-order valence-corrected chi connectivity index (χ4v) is 1.91. The van der Waals surface area contributed by atoms with Gasteiger partial charge in [0.2, 0.25) is 0 Å². The summed E-state index contributed by atoms with van der Waals surface area (Å²) in [6.45, 7) is 4.03. The molecule has 1 aromatic rings. The van der Waals surface area contributed by atoms with E-state index in [0.717, 1.165) is 29.4 Å². The first-order chi connectivity index (χ1) is 6.18. The molecule has 0 saturated carbocycles. The highest BCUT2D eigenvalue weighted by molar-refractivity contribution is 6.30. The van der Waals surface area contributed by atoms with Crippen molar-refractivity contribution < 1.29 is 0 Å². The minimum atomic E-state index is 0.553. The van der Waals surface area contributed by atoms with Gasteiger partial charge in [0.05, 0.1) is 0 Å². The quantitative estimate of drug-likeness (QED) is 0.674. The molecule has 3 heteroatoms. The molecule has 70 valence electrons. The van der Waals surface area contributed by atoms with E-state index in [1.165, 1.54) is 5.56 Å². The first-order valence-corrected chi connectivity index (χ1v) is 4.82. The zero-order valence-electron chi connectivity index (χ0n) is 7.60. The van der Waals surface area contributed by atoms with Gasteiger partial charge in [0.1, 0.15) is 0 Å². The Kier molecular flexibility index (Phi) is 2.18. The van der Waals surface area contributed by atoms with E-state index in [-0.39, 0.29) is 0 Å². The van der Waals surface area contributed by atoms with Gasteiger partial charge in [-0.3, -0.25) is 0 Å². The molecule has 3 N–H and O–H groups in total. The normalized spacial score (nSPS) is 17.1. The molecular weight excluding hydrogens is 184 g/mol. The molecular formula is C10H13ClN2. The van der Waals surface area contributed by atoms with Crippen LogP contribution in [0.15, 0.2) is 12.1 Å². The summed E-state index contributed by atoms with van der Waals surface area (Å²) < 4.78 is 0.